The Morgan fingerprint density at radius 1 is 1.35 bits per heavy atom. The lowest BCUT2D eigenvalue weighted by Gasteiger charge is -2.21. The number of pyridine rings is 1. The number of anilines is 1. The van der Waals surface area contributed by atoms with Crippen LogP contribution in [0.4, 0.5) is 5.69 Å². The summed E-state index contributed by atoms with van der Waals surface area (Å²) in [4.78, 5) is 4.11. The number of nitrogens with zero attached hydrogens (tertiary/aromatic N) is 1. The zero-order valence-corrected chi connectivity index (χ0v) is 13.0. The average Bonchev–Trinajstić information content (AvgIpc) is 3.01. The van der Waals surface area contributed by atoms with E-state index in [1.54, 1.807) is 6.07 Å². The van der Waals surface area contributed by atoms with Gasteiger partial charge in [0.1, 0.15) is 11.3 Å². The highest BCUT2D eigenvalue weighted by molar-refractivity contribution is 7.92. The van der Waals surface area contributed by atoms with Crippen LogP contribution < -0.4 is 14.2 Å². The van der Waals surface area contributed by atoms with E-state index in [-0.39, 0.29) is 11.7 Å². The van der Waals surface area contributed by atoms with Crippen LogP contribution in [0.5, 0.6) is 11.6 Å². The first-order valence-corrected chi connectivity index (χ1v) is 8.35. The number of hydrogen-bond donors (Lipinski definition) is 1. The minimum Gasteiger partial charge on any atom is -0.488 e. The van der Waals surface area contributed by atoms with Gasteiger partial charge in [-0.1, -0.05) is 0 Å². The first-order valence-electron chi connectivity index (χ1n) is 6.46. The fourth-order valence-electron chi connectivity index (χ4n) is 1.53. The number of sulfonamides is 1. The summed E-state index contributed by atoms with van der Waals surface area (Å²) >= 11 is 0. The van der Waals surface area contributed by atoms with Gasteiger partial charge in [0.05, 0.1) is 18.6 Å². The molecule has 0 spiro atoms. The number of rotatable bonds is 5. The lowest BCUT2D eigenvalue weighted by molar-refractivity contribution is 0.123. The second kappa shape index (κ2) is 5.12. The molecule has 2 rings (SSSR count). The van der Waals surface area contributed by atoms with E-state index < -0.39 is 10.0 Å². The van der Waals surface area contributed by atoms with Crippen molar-refractivity contribution in [3.63, 3.8) is 0 Å². The molecule has 1 heterocycles. The standard InChI is InChI=1S/C13H20N2O4S/c1-13(2,3)19-12-7-11(18-9-5-6-9)10(8-14-12)15-20(4,16)17/h7-9,15H,5-6H2,1-4H3. The molecule has 0 aromatic carbocycles. The van der Waals surface area contributed by atoms with Crippen molar-refractivity contribution in [2.75, 3.05) is 11.0 Å². The van der Waals surface area contributed by atoms with E-state index in [4.69, 9.17) is 9.47 Å². The van der Waals surface area contributed by atoms with E-state index in [1.807, 2.05) is 20.8 Å². The molecule has 1 aliphatic carbocycles. The van der Waals surface area contributed by atoms with Crippen molar-refractivity contribution in [1.82, 2.24) is 4.98 Å². The van der Waals surface area contributed by atoms with Gasteiger partial charge in [-0.3, -0.25) is 4.72 Å². The number of nitrogens with one attached hydrogen (secondary N) is 1. The minimum atomic E-state index is -3.37. The molecule has 1 fully saturated rings. The van der Waals surface area contributed by atoms with Gasteiger partial charge in [0.2, 0.25) is 15.9 Å². The average molecular weight is 300 g/mol. The third-order valence-corrected chi connectivity index (χ3v) is 2.96. The molecule has 1 aromatic heterocycles. The number of ether oxygens (including phenoxy) is 2. The summed E-state index contributed by atoms with van der Waals surface area (Å²) in [5.41, 5.74) is -0.0454. The van der Waals surface area contributed by atoms with Gasteiger partial charge in [-0.05, 0) is 33.6 Å². The topological polar surface area (TPSA) is 77.5 Å². The van der Waals surface area contributed by atoms with Gasteiger partial charge < -0.3 is 9.47 Å². The zero-order valence-electron chi connectivity index (χ0n) is 12.1. The summed E-state index contributed by atoms with van der Waals surface area (Å²) in [6.45, 7) is 5.75. The van der Waals surface area contributed by atoms with Crippen molar-refractivity contribution < 1.29 is 17.9 Å². The summed E-state index contributed by atoms with van der Waals surface area (Å²) in [6.07, 6.45) is 4.62. The van der Waals surface area contributed by atoms with Crippen LogP contribution in [-0.4, -0.2) is 31.4 Å². The SMILES string of the molecule is CC(C)(C)Oc1cc(OC2CC2)c(NS(C)(=O)=O)cn1. The van der Waals surface area contributed by atoms with Gasteiger partial charge in [-0.2, -0.15) is 0 Å². The first-order chi connectivity index (χ1) is 9.12. The predicted molar refractivity (Wildman–Crippen MR) is 76.7 cm³/mol. The molecular formula is C13H20N2O4S. The zero-order chi connectivity index (χ0) is 15.0. The summed E-state index contributed by atoms with van der Waals surface area (Å²) in [5, 5.41) is 0. The van der Waals surface area contributed by atoms with Crippen LogP contribution in [0.1, 0.15) is 33.6 Å². The molecular weight excluding hydrogens is 280 g/mol. The maximum absolute atomic E-state index is 11.3. The van der Waals surface area contributed by atoms with Crippen molar-refractivity contribution in [2.45, 2.75) is 45.3 Å². The van der Waals surface area contributed by atoms with E-state index in [0.29, 0.717) is 17.3 Å². The van der Waals surface area contributed by atoms with Gasteiger partial charge >= 0.3 is 0 Å². The van der Waals surface area contributed by atoms with E-state index in [9.17, 15) is 8.42 Å². The lowest BCUT2D eigenvalue weighted by atomic mass is 10.2. The molecule has 0 radical (unpaired) electrons. The molecule has 1 aromatic rings. The van der Waals surface area contributed by atoms with Gasteiger partial charge in [0, 0.05) is 6.07 Å². The van der Waals surface area contributed by atoms with Crippen LogP contribution in [-0.2, 0) is 10.0 Å². The first kappa shape index (κ1) is 14.9. The smallest absolute Gasteiger partial charge is 0.229 e. The molecule has 1 N–H and O–H groups in total. The van der Waals surface area contributed by atoms with Crippen LogP contribution >= 0.6 is 0 Å². The van der Waals surface area contributed by atoms with Crippen LogP contribution in [0.25, 0.3) is 0 Å². The van der Waals surface area contributed by atoms with Crippen molar-refractivity contribution >= 4 is 15.7 Å². The lowest BCUT2D eigenvalue weighted by Crippen LogP contribution is -2.23. The second-order valence-electron chi connectivity index (χ2n) is 5.92. The van der Waals surface area contributed by atoms with E-state index in [1.165, 1.54) is 6.20 Å². The fourth-order valence-corrected chi connectivity index (χ4v) is 2.08. The van der Waals surface area contributed by atoms with Gasteiger partial charge in [-0.15, -0.1) is 0 Å². The molecule has 7 heteroatoms. The number of aromatic nitrogens is 1. The Hall–Kier alpha value is -1.50. The fraction of sp³-hybridized carbons (Fsp3) is 0.615. The Morgan fingerprint density at radius 2 is 2.00 bits per heavy atom. The maximum Gasteiger partial charge on any atom is 0.229 e. The van der Waals surface area contributed by atoms with Crippen LogP contribution in [0.3, 0.4) is 0 Å². The molecule has 1 aliphatic rings. The van der Waals surface area contributed by atoms with E-state index >= 15 is 0 Å². The van der Waals surface area contributed by atoms with Gasteiger partial charge in [-0.25, -0.2) is 13.4 Å². The van der Waals surface area contributed by atoms with Crippen LogP contribution in [0, 0.1) is 0 Å². The predicted octanol–water partition coefficient (Wildman–Crippen LogP) is 2.17. The largest absolute Gasteiger partial charge is 0.488 e. The van der Waals surface area contributed by atoms with Crippen molar-refractivity contribution in [1.29, 1.82) is 0 Å². The molecule has 0 atom stereocenters. The van der Waals surface area contributed by atoms with E-state index in [2.05, 4.69) is 9.71 Å². The highest BCUT2D eigenvalue weighted by atomic mass is 32.2. The molecule has 112 valence electrons. The Kier molecular flexibility index (Phi) is 3.82. The molecule has 0 aliphatic heterocycles. The summed E-state index contributed by atoms with van der Waals surface area (Å²) in [5.74, 6) is 0.861. The molecule has 0 bridgehead atoms. The molecule has 6 nitrogen and oxygen atoms in total. The second-order valence-corrected chi connectivity index (χ2v) is 7.67. The maximum atomic E-state index is 11.3. The van der Waals surface area contributed by atoms with Crippen molar-refractivity contribution in [3.05, 3.63) is 12.3 Å². The molecule has 1 saturated carbocycles. The molecule has 20 heavy (non-hydrogen) atoms. The van der Waals surface area contributed by atoms with Crippen molar-refractivity contribution in [2.24, 2.45) is 0 Å². The third-order valence-electron chi connectivity index (χ3n) is 2.37. The summed E-state index contributed by atoms with van der Waals surface area (Å²) in [6, 6.07) is 1.62. The van der Waals surface area contributed by atoms with E-state index in [0.717, 1.165) is 19.1 Å². The third kappa shape index (κ3) is 4.88. The summed E-state index contributed by atoms with van der Waals surface area (Å²) in [7, 11) is -3.37. The summed E-state index contributed by atoms with van der Waals surface area (Å²) < 4.78 is 36.5. The Bertz CT molecular complexity index is 589. The highest BCUT2D eigenvalue weighted by Gasteiger charge is 2.26. The minimum absolute atomic E-state index is 0.153. The molecule has 0 unspecified atom stereocenters. The highest BCUT2D eigenvalue weighted by Crippen LogP contribution is 2.34. The van der Waals surface area contributed by atoms with Crippen molar-refractivity contribution in [3.8, 4) is 11.6 Å². The Balaban J connectivity index is 2.26. The molecule has 0 saturated heterocycles. The quantitative estimate of drug-likeness (QED) is 0.901. The Morgan fingerprint density at radius 3 is 2.50 bits per heavy atom. The number of hydrogen-bond acceptors (Lipinski definition) is 5. The molecule has 0 amide bonds. The van der Waals surface area contributed by atoms with Crippen LogP contribution in [0.15, 0.2) is 12.3 Å². The monoisotopic (exact) mass is 300 g/mol. The normalized spacial score (nSPS) is 15.8. The Labute approximate surface area is 119 Å². The van der Waals surface area contributed by atoms with Gasteiger partial charge in [0.15, 0.2) is 5.75 Å². The van der Waals surface area contributed by atoms with Crippen LogP contribution in [0.2, 0.25) is 0 Å². The van der Waals surface area contributed by atoms with Gasteiger partial charge in [0.25, 0.3) is 0 Å².